The molecule has 0 spiro atoms. The first-order valence-corrected chi connectivity index (χ1v) is 3.15. The quantitative estimate of drug-likeness (QED) is 0.386. The normalized spacial score (nSPS) is 7.80. The predicted molar refractivity (Wildman–Crippen MR) is 37.4 cm³/mol. The molecule has 0 aliphatic rings. The molecule has 0 saturated carbocycles. The van der Waals surface area contributed by atoms with Crippen LogP contribution in [-0.2, 0) is 0 Å². The molecule has 56 valence electrons. The van der Waals surface area contributed by atoms with Crippen LogP contribution in [0.2, 0.25) is 0 Å². The summed E-state index contributed by atoms with van der Waals surface area (Å²) in [4.78, 5) is 13.5. The van der Waals surface area contributed by atoms with E-state index in [0.29, 0.717) is 0 Å². The van der Waals surface area contributed by atoms with Crippen molar-refractivity contribution >= 4 is 17.3 Å². The smallest absolute Gasteiger partial charge is 0.364 e. The molecule has 1 heterocycles. The van der Waals surface area contributed by atoms with Crippen molar-refractivity contribution in [2.75, 3.05) is 0 Å². The Morgan fingerprint density at radius 3 is 2.50 bits per heavy atom. The Balaban J connectivity index is 0.000000371. The van der Waals surface area contributed by atoms with E-state index >= 15 is 0 Å². The third kappa shape index (κ3) is 2.53. The number of nitrogens with zero attached hydrogens (tertiary/aromatic N) is 1. The SMILES string of the molecule is NN.O=C(O)c1nccs1. The summed E-state index contributed by atoms with van der Waals surface area (Å²) in [6, 6.07) is 0. The lowest BCUT2D eigenvalue weighted by atomic mass is 10.7. The largest absolute Gasteiger partial charge is 0.476 e. The third-order valence-corrected chi connectivity index (χ3v) is 1.38. The number of carboxylic acids is 1. The zero-order valence-electron chi connectivity index (χ0n) is 5.02. The van der Waals surface area contributed by atoms with Gasteiger partial charge < -0.3 is 5.11 Å². The summed E-state index contributed by atoms with van der Waals surface area (Å²) >= 11 is 1.12. The molecule has 0 aromatic carbocycles. The van der Waals surface area contributed by atoms with Crippen LogP contribution in [0.1, 0.15) is 9.80 Å². The monoisotopic (exact) mass is 161 g/mol. The van der Waals surface area contributed by atoms with Crippen molar-refractivity contribution in [3.8, 4) is 0 Å². The van der Waals surface area contributed by atoms with Crippen LogP contribution in [0.4, 0.5) is 0 Å². The van der Waals surface area contributed by atoms with Gasteiger partial charge in [-0.15, -0.1) is 11.3 Å². The molecule has 0 saturated heterocycles. The maximum atomic E-state index is 10.0. The van der Waals surface area contributed by atoms with E-state index in [9.17, 15) is 4.79 Å². The highest BCUT2D eigenvalue weighted by atomic mass is 32.1. The minimum absolute atomic E-state index is 0.144. The van der Waals surface area contributed by atoms with Gasteiger partial charge in [-0.1, -0.05) is 0 Å². The third-order valence-electron chi connectivity index (χ3n) is 0.615. The summed E-state index contributed by atoms with van der Waals surface area (Å²) in [5.74, 6) is 7.04. The van der Waals surface area contributed by atoms with Crippen molar-refractivity contribution in [1.82, 2.24) is 4.98 Å². The Hall–Kier alpha value is -0.980. The number of hydrazine groups is 1. The second-order valence-corrected chi connectivity index (χ2v) is 2.04. The molecular weight excluding hydrogens is 154 g/mol. The van der Waals surface area contributed by atoms with Gasteiger partial charge in [0, 0.05) is 11.6 Å². The van der Waals surface area contributed by atoms with Gasteiger partial charge in [0.2, 0.25) is 5.01 Å². The number of thiazole rings is 1. The maximum Gasteiger partial charge on any atom is 0.364 e. The number of carboxylic acid groups (broad SMARTS) is 1. The van der Waals surface area contributed by atoms with E-state index < -0.39 is 5.97 Å². The number of hydrogen-bond donors (Lipinski definition) is 3. The predicted octanol–water partition coefficient (Wildman–Crippen LogP) is -0.340. The summed E-state index contributed by atoms with van der Waals surface area (Å²) in [5.41, 5.74) is 0. The fourth-order valence-corrected chi connectivity index (χ4v) is 0.802. The topological polar surface area (TPSA) is 102 Å². The Labute approximate surface area is 61.3 Å². The lowest BCUT2D eigenvalue weighted by molar-refractivity contribution is 0.0696. The lowest BCUT2D eigenvalue weighted by Crippen LogP contribution is -2.02. The highest BCUT2D eigenvalue weighted by molar-refractivity contribution is 7.11. The van der Waals surface area contributed by atoms with Gasteiger partial charge in [0.25, 0.3) is 0 Å². The Morgan fingerprint density at radius 2 is 2.30 bits per heavy atom. The summed E-state index contributed by atoms with van der Waals surface area (Å²) in [7, 11) is 0. The number of carbonyl (C=O) groups is 1. The van der Waals surface area contributed by atoms with E-state index in [1.807, 2.05) is 0 Å². The molecule has 0 fully saturated rings. The molecular formula is C4H7N3O2S. The molecule has 1 rings (SSSR count). The van der Waals surface area contributed by atoms with Crippen molar-refractivity contribution < 1.29 is 9.90 Å². The molecule has 1 aromatic rings. The van der Waals surface area contributed by atoms with E-state index in [2.05, 4.69) is 16.7 Å². The van der Waals surface area contributed by atoms with Crippen LogP contribution in [0.3, 0.4) is 0 Å². The Kier molecular flexibility index (Phi) is 4.38. The summed E-state index contributed by atoms with van der Waals surface area (Å²) in [6.45, 7) is 0. The van der Waals surface area contributed by atoms with E-state index in [1.54, 1.807) is 5.38 Å². The van der Waals surface area contributed by atoms with Crippen molar-refractivity contribution in [3.63, 3.8) is 0 Å². The van der Waals surface area contributed by atoms with Crippen LogP contribution >= 0.6 is 11.3 Å². The lowest BCUT2D eigenvalue weighted by Gasteiger charge is -1.77. The van der Waals surface area contributed by atoms with Gasteiger partial charge >= 0.3 is 5.97 Å². The molecule has 10 heavy (non-hydrogen) atoms. The van der Waals surface area contributed by atoms with Crippen molar-refractivity contribution in [3.05, 3.63) is 16.6 Å². The van der Waals surface area contributed by atoms with Gasteiger partial charge in [-0.3, -0.25) is 11.7 Å². The first kappa shape index (κ1) is 9.02. The summed E-state index contributed by atoms with van der Waals surface area (Å²) < 4.78 is 0. The van der Waals surface area contributed by atoms with Crippen molar-refractivity contribution in [2.45, 2.75) is 0 Å². The molecule has 5 nitrogen and oxygen atoms in total. The zero-order chi connectivity index (χ0) is 7.98. The number of rotatable bonds is 1. The van der Waals surface area contributed by atoms with Crippen LogP contribution in [0.5, 0.6) is 0 Å². The average Bonchev–Trinajstić information content (AvgIpc) is 2.42. The second-order valence-electron chi connectivity index (χ2n) is 1.14. The molecule has 1 aromatic heterocycles. The van der Waals surface area contributed by atoms with Crippen LogP contribution < -0.4 is 11.7 Å². The average molecular weight is 161 g/mol. The second kappa shape index (κ2) is 4.86. The number of aromatic nitrogens is 1. The molecule has 0 aliphatic heterocycles. The van der Waals surface area contributed by atoms with Crippen LogP contribution in [0.25, 0.3) is 0 Å². The number of hydrogen-bond acceptors (Lipinski definition) is 5. The van der Waals surface area contributed by atoms with Gasteiger partial charge in [-0.25, -0.2) is 9.78 Å². The molecule has 0 atom stereocenters. The first-order chi connectivity index (χ1) is 4.80. The van der Waals surface area contributed by atoms with Crippen molar-refractivity contribution in [2.24, 2.45) is 11.7 Å². The molecule has 5 N–H and O–H groups in total. The first-order valence-electron chi connectivity index (χ1n) is 2.27. The molecule has 0 radical (unpaired) electrons. The minimum Gasteiger partial charge on any atom is -0.476 e. The fourth-order valence-electron chi connectivity index (χ4n) is 0.329. The van der Waals surface area contributed by atoms with E-state index in [1.165, 1.54) is 6.20 Å². The number of aromatic carboxylic acids is 1. The standard InChI is InChI=1S/C4H3NO2S.H4N2/c6-4(7)3-5-1-2-8-3;1-2/h1-2H,(H,6,7);1-2H2. The van der Waals surface area contributed by atoms with Gasteiger partial charge in [0.05, 0.1) is 0 Å². The van der Waals surface area contributed by atoms with Crippen LogP contribution in [0.15, 0.2) is 11.6 Å². The minimum atomic E-state index is -0.958. The Bertz CT molecular complexity index is 186. The summed E-state index contributed by atoms with van der Waals surface area (Å²) in [5, 5.41) is 9.99. The van der Waals surface area contributed by atoms with Gasteiger partial charge in [0.15, 0.2) is 0 Å². The highest BCUT2D eigenvalue weighted by Gasteiger charge is 2.01. The number of nitrogens with two attached hydrogens (primary N) is 2. The van der Waals surface area contributed by atoms with Crippen LogP contribution in [-0.4, -0.2) is 16.1 Å². The Morgan fingerprint density at radius 1 is 1.70 bits per heavy atom. The molecule has 6 heteroatoms. The maximum absolute atomic E-state index is 10.0. The molecule has 0 bridgehead atoms. The zero-order valence-corrected chi connectivity index (χ0v) is 5.84. The van der Waals surface area contributed by atoms with E-state index in [0.717, 1.165) is 11.3 Å². The van der Waals surface area contributed by atoms with Gasteiger partial charge in [0.1, 0.15) is 0 Å². The van der Waals surface area contributed by atoms with Crippen molar-refractivity contribution in [1.29, 1.82) is 0 Å². The molecule has 0 unspecified atom stereocenters. The van der Waals surface area contributed by atoms with E-state index in [-0.39, 0.29) is 5.01 Å². The molecule has 0 amide bonds. The van der Waals surface area contributed by atoms with Gasteiger partial charge in [-0.2, -0.15) is 0 Å². The van der Waals surface area contributed by atoms with Gasteiger partial charge in [-0.05, 0) is 0 Å². The molecule has 0 aliphatic carbocycles. The van der Waals surface area contributed by atoms with Crippen LogP contribution in [0, 0.1) is 0 Å². The highest BCUT2D eigenvalue weighted by Crippen LogP contribution is 2.01. The van der Waals surface area contributed by atoms with E-state index in [4.69, 9.17) is 5.11 Å². The summed E-state index contributed by atoms with van der Waals surface area (Å²) in [6.07, 6.45) is 1.47. The fraction of sp³-hybridized carbons (Fsp3) is 0.